The van der Waals surface area contributed by atoms with Gasteiger partial charge in [-0.1, -0.05) is 33.3 Å². The lowest BCUT2D eigenvalue weighted by Crippen LogP contribution is -2.31. The van der Waals surface area contributed by atoms with E-state index in [1.165, 1.54) is 0 Å². The molecule has 1 N–H and O–H groups in total. The molecule has 0 bridgehead atoms. The second-order valence-electron chi connectivity index (χ2n) is 5.40. The van der Waals surface area contributed by atoms with Crippen LogP contribution in [0.3, 0.4) is 0 Å². The zero-order chi connectivity index (χ0) is 15.7. The van der Waals surface area contributed by atoms with Crippen molar-refractivity contribution in [2.24, 2.45) is 5.92 Å². The minimum atomic E-state index is -0.00677. The van der Waals surface area contributed by atoms with E-state index in [9.17, 15) is 4.79 Å². The van der Waals surface area contributed by atoms with Crippen molar-refractivity contribution in [3.8, 4) is 6.07 Å². The highest BCUT2D eigenvalue weighted by atomic mass is 16.1. The molecule has 0 heterocycles. The van der Waals surface area contributed by atoms with Crippen LogP contribution in [-0.4, -0.2) is 30.4 Å². The van der Waals surface area contributed by atoms with Crippen LogP contribution in [0.25, 0.3) is 0 Å². The Kier molecular flexibility index (Phi) is 7.49. The lowest BCUT2D eigenvalue weighted by molar-refractivity contribution is -0.116. The van der Waals surface area contributed by atoms with Crippen molar-refractivity contribution in [1.82, 2.24) is 4.90 Å². The van der Waals surface area contributed by atoms with Gasteiger partial charge < -0.3 is 10.2 Å². The van der Waals surface area contributed by atoms with Gasteiger partial charge in [0.1, 0.15) is 0 Å². The Morgan fingerprint density at radius 2 is 2.19 bits per heavy atom. The summed E-state index contributed by atoms with van der Waals surface area (Å²) in [5.74, 6) is 0.646. The molecule has 0 aliphatic heterocycles. The number of nitrogens with one attached hydrogen (secondary N) is 1. The predicted octanol–water partition coefficient (Wildman–Crippen LogP) is 3.25. The highest BCUT2D eigenvalue weighted by Crippen LogP contribution is 2.10. The van der Waals surface area contributed by atoms with Crippen LogP contribution >= 0.6 is 0 Å². The summed E-state index contributed by atoms with van der Waals surface area (Å²) in [5, 5.41) is 11.7. The fourth-order valence-corrected chi connectivity index (χ4v) is 2.10. The van der Waals surface area contributed by atoms with Crippen LogP contribution < -0.4 is 5.32 Å². The van der Waals surface area contributed by atoms with E-state index in [4.69, 9.17) is 5.26 Å². The molecule has 0 fully saturated rings. The summed E-state index contributed by atoms with van der Waals surface area (Å²) in [7, 11) is 0. The van der Waals surface area contributed by atoms with Gasteiger partial charge in [0.2, 0.25) is 5.91 Å². The Morgan fingerprint density at radius 1 is 1.43 bits per heavy atom. The molecule has 1 rings (SSSR count). The van der Waals surface area contributed by atoms with E-state index in [0.29, 0.717) is 23.6 Å². The average Bonchev–Trinajstić information content (AvgIpc) is 2.51. The van der Waals surface area contributed by atoms with E-state index >= 15 is 0 Å². The highest BCUT2D eigenvalue weighted by molar-refractivity contribution is 5.90. The topological polar surface area (TPSA) is 56.1 Å². The van der Waals surface area contributed by atoms with E-state index in [-0.39, 0.29) is 5.91 Å². The number of nitriles is 1. The number of hydrogen-bond acceptors (Lipinski definition) is 3. The first-order valence-corrected chi connectivity index (χ1v) is 7.61. The molecule has 1 amide bonds. The van der Waals surface area contributed by atoms with Crippen molar-refractivity contribution in [3.05, 3.63) is 29.8 Å². The fourth-order valence-electron chi connectivity index (χ4n) is 2.10. The van der Waals surface area contributed by atoms with Crippen LogP contribution in [-0.2, 0) is 4.79 Å². The van der Waals surface area contributed by atoms with Crippen LogP contribution in [0.15, 0.2) is 24.3 Å². The molecule has 0 aromatic heterocycles. The molecule has 0 saturated heterocycles. The highest BCUT2D eigenvalue weighted by Gasteiger charge is 2.10. The van der Waals surface area contributed by atoms with Gasteiger partial charge in [-0.2, -0.15) is 5.26 Å². The Bertz CT molecular complexity index is 493. The summed E-state index contributed by atoms with van der Waals surface area (Å²) < 4.78 is 0. The third-order valence-electron chi connectivity index (χ3n) is 3.64. The quantitative estimate of drug-likeness (QED) is 0.798. The molecule has 4 nitrogen and oxygen atoms in total. The predicted molar refractivity (Wildman–Crippen MR) is 86.0 cm³/mol. The zero-order valence-electron chi connectivity index (χ0n) is 13.2. The molecule has 0 aliphatic rings. The summed E-state index contributed by atoms with van der Waals surface area (Å²) in [4.78, 5) is 14.3. The molecule has 21 heavy (non-hydrogen) atoms. The zero-order valence-corrected chi connectivity index (χ0v) is 13.2. The second kappa shape index (κ2) is 9.15. The van der Waals surface area contributed by atoms with Crippen LogP contribution in [0, 0.1) is 17.2 Å². The number of anilines is 1. The number of nitrogens with zero attached hydrogens (tertiary/aromatic N) is 2. The number of benzene rings is 1. The van der Waals surface area contributed by atoms with Crippen molar-refractivity contribution in [1.29, 1.82) is 5.26 Å². The molecule has 114 valence electrons. The summed E-state index contributed by atoms with van der Waals surface area (Å²) in [5.41, 5.74) is 1.24. The summed E-state index contributed by atoms with van der Waals surface area (Å²) in [6.07, 6.45) is 1.63. The Hall–Kier alpha value is -1.86. The van der Waals surface area contributed by atoms with E-state index in [1.54, 1.807) is 24.3 Å². The normalized spacial score (nSPS) is 12.0. The SMILES string of the molecule is CCC(C)CN(CC)CCC(=O)Nc1cccc(C#N)c1. The Labute approximate surface area is 127 Å². The summed E-state index contributed by atoms with van der Waals surface area (Å²) in [6, 6.07) is 9.05. The minimum absolute atomic E-state index is 0.00677. The van der Waals surface area contributed by atoms with Gasteiger partial charge in [-0.15, -0.1) is 0 Å². The van der Waals surface area contributed by atoms with Crippen LogP contribution in [0.2, 0.25) is 0 Å². The van der Waals surface area contributed by atoms with Gasteiger partial charge in [-0.3, -0.25) is 4.79 Å². The van der Waals surface area contributed by atoms with Gasteiger partial charge in [0.05, 0.1) is 11.6 Å². The molecule has 1 aromatic rings. The van der Waals surface area contributed by atoms with Crippen molar-refractivity contribution >= 4 is 11.6 Å². The van der Waals surface area contributed by atoms with Gasteiger partial charge in [-0.05, 0) is 30.7 Å². The molecular formula is C17H25N3O. The monoisotopic (exact) mass is 287 g/mol. The lowest BCUT2D eigenvalue weighted by Gasteiger charge is -2.23. The van der Waals surface area contributed by atoms with E-state index in [1.807, 2.05) is 0 Å². The van der Waals surface area contributed by atoms with Crippen LogP contribution in [0.1, 0.15) is 39.2 Å². The first kappa shape index (κ1) is 17.2. The molecule has 0 spiro atoms. The maximum absolute atomic E-state index is 12.0. The molecule has 4 heteroatoms. The summed E-state index contributed by atoms with van der Waals surface area (Å²) >= 11 is 0. The second-order valence-corrected chi connectivity index (χ2v) is 5.40. The maximum atomic E-state index is 12.0. The van der Waals surface area contributed by atoms with E-state index < -0.39 is 0 Å². The number of hydrogen-bond donors (Lipinski definition) is 1. The molecule has 1 unspecified atom stereocenters. The largest absolute Gasteiger partial charge is 0.326 e. The molecule has 1 aromatic carbocycles. The Balaban J connectivity index is 2.44. The first-order chi connectivity index (χ1) is 10.1. The number of amides is 1. The Morgan fingerprint density at radius 3 is 2.81 bits per heavy atom. The number of carbonyl (C=O) groups is 1. The van der Waals surface area contributed by atoms with Gasteiger partial charge in [-0.25, -0.2) is 0 Å². The third kappa shape index (κ3) is 6.42. The molecule has 1 atom stereocenters. The first-order valence-electron chi connectivity index (χ1n) is 7.61. The van der Waals surface area contributed by atoms with Gasteiger partial charge in [0.15, 0.2) is 0 Å². The van der Waals surface area contributed by atoms with Crippen molar-refractivity contribution in [3.63, 3.8) is 0 Å². The minimum Gasteiger partial charge on any atom is -0.326 e. The van der Waals surface area contributed by atoms with Crippen molar-refractivity contribution in [2.45, 2.75) is 33.6 Å². The third-order valence-corrected chi connectivity index (χ3v) is 3.64. The molecule has 0 aliphatic carbocycles. The van der Waals surface area contributed by atoms with E-state index in [2.05, 4.69) is 37.1 Å². The standard InChI is InChI=1S/C17H25N3O/c1-4-14(3)13-20(5-2)10-9-17(21)19-16-8-6-7-15(11-16)12-18/h6-8,11,14H,4-5,9-10,13H2,1-3H3,(H,19,21). The van der Waals surface area contributed by atoms with Gasteiger partial charge in [0, 0.05) is 25.2 Å². The maximum Gasteiger partial charge on any atom is 0.225 e. The van der Waals surface area contributed by atoms with Gasteiger partial charge in [0.25, 0.3) is 0 Å². The van der Waals surface area contributed by atoms with Crippen LogP contribution in [0.4, 0.5) is 5.69 Å². The lowest BCUT2D eigenvalue weighted by atomic mass is 10.1. The van der Waals surface area contributed by atoms with Crippen LogP contribution in [0.5, 0.6) is 0 Å². The molecule has 0 radical (unpaired) electrons. The molecular weight excluding hydrogens is 262 g/mol. The van der Waals surface area contributed by atoms with E-state index in [0.717, 1.165) is 26.1 Å². The smallest absolute Gasteiger partial charge is 0.225 e. The average molecular weight is 287 g/mol. The summed E-state index contributed by atoms with van der Waals surface area (Å²) in [6.45, 7) is 9.30. The molecule has 0 saturated carbocycles. The van der Waals surface area contributed by atoms with Gasteiger partial charge >= 0.3 is 0 Å². The van der Waals surface area contributed by atoms with Crippen molar-refractivity contribution in [2.75, 3.05) is 25.0 Å². The fraction of sp³-hybridized carbons (Fsp3) is 0.529. The van der Waals surface area contributed by atoms with Crippen molar-refractivity contribution < 1.29 is 4.79 Å². The number of rotatable bonds is 8. The number of carbonyl (C=O) groups excluding carboxylic acids is 1.